The van der Waals surface area contributed by atoms with Gasteiger partial charge in [-0.05, 0) is 56.7 Å². The summed E-state index contributed by atoms with van der Waals surface area (Å²) >= 11 is 5.59. The van der Waals surface area contributed by atoms with E-state index in [1.807, 2.05) is 18.2 Å². The van der Waals surface area contributed by atoms with E-state index in [-0.39, 0.29) is 12.5 Å². The molecule has 0 bridgehead atoms. The Hall–Kier alpha value is -1.000. The van der Waals surface area contributed by atoms with Gasteiger partial charge in [0.25, 0.3) is 0 Å². The molecule has 6 nitrogen and oxygen atoms in total. The van der Waals surface area contributed by atoms with Crippen molar-refractivity contribution in [1.29, 1.82) is 0 Å². The number of nitrogens with zero attached hydrogens (tertiary/aromatic N) is 2. The van der Waals surface area contributed by atoms with Crippen LogP contribution < -0.4 is 0 Å². The van der Waals surface area contributed by atoms with E-state index in [0.29, 0.717) is 5.89 Å². The summed E-state index contributed by atoms with van der Waals surface area (Å²) in [6, 6.07) is 5.74. The molecule has 0 spiro atoms. The van der Waals surface area contributed by atoms with Gasteiger partial charge in [0, 0.05) is 8.04 Å². The third kappa shape index (κ3) is 3.98. The minimum atomic E-state index is -1.04. The number of halogens is 2. The van der Waals surface area contributed by atoms with Gasteiger partial charge < -0.3 is 14.3 Å². The molecule has 19 heavy (non-hydrogen) atoms. The third-order valence-corrected chi connectivity index (χ3v) is 3.44. The molecule has 1 aromatic carbocycles. The Morgan fingerprint density at radius 1 is 1.47 bits per heavy atom. The van der Waals surface area contributed by atoms with Crippen LogP contribution in [0.2, 0.25) is 0 Å². The van der Waals surface area contributed by atoms with Crippen LogP contribution >= 0.6 is 38.5 Å². The summed E-state index contributed by atoms with van der Waals surface area (Å²) in [5, 5.41) is 16.2. The lowest BCUT2D eigenvalue weighted by Crippen LogP contribution is -2.06. The number of rotatable bonds is 5. The van der Waals surface area contributed by atoms with Gasteiger partial charge >= 0.3 is 5.97 Å². The van der Waals surface area contributed by atoms with E-state index in [1.165, 1.54) is 0 Å². The summed E-state index contributed by atoms with van der Waals surface area (Å²) in [6.07, 6.45) is 0. The maximum atomic E-state index is 10.3. The van der Waals surface area contributed by atoms with Gasteiger partial charge in [-0.25, -0.2) is 4.79 Å². The minimum absolute atomic E-state index is 0.0269. The van der Waals surface area contributed by atoms with Gasteiger partial charge in [0.1, 0.15) is 13.2 Å². The largest absolute Gasteiger partial charge is 0.480 e. The molecule has 0 aliphatic heterocycles. The van der Waals surface area contributed by atoms with Crippen molar-refractivity contribution in [2.45, 2.75) is 6.61 Å². The highest BCUT2D eigenvalue weighted by Crippen LogP contribution is 2.28. The summed E-state index contributed by atoms with van der Waals surface area (Å²) in [7, 11) is 0. The molecule has 0 aliphatic carbocycles. The van der Waals surface area contributed by atoms with Crippen LogP contribution in [0.25, 0.3) is 11.5 Å². The molecule has 0 aliphatic rings. The smallest absolute Gasteiger partial charge is 0.329 e. The second-order valence-corrected chi connectivity index (χ2v) is 5.61. The highest BCUT2D eigenvalue weighted by molar-refractivity contribution is 14.1. The molecule has 0 amide bonds. The zero-order chi connectivity index (χ0) is 13.8. The predicted molar refractivity (Wildman–Crippen MR) is 77.4 cm³/mol. The average molecular weight is 439 g/mol. The fourth-order valence-electron chi connectivity index (χ4n) is 1.31. The normalized spacial score (nSPS) is 10.6. The van der Waals surface area contributed by atoms with Gasteiger partial charge in [-0.2, -0.15) is 0 Å². The SMILES string of the molecule is O=C(O)COCc1nnc(-c2cc(I)ccc2Br)o1. The first-order valence-electron chi connectivity index (χ1n) is 5.13. The first-order chi connectivity index (χ1) is 9.06. The lowest BCUT2D eigenvalue weighted by molar-refractivity contribution is -0.142. The Morgan fingerprint density at radius 3 is 3.00 bits per heavy atom. The Balaban J connectivity index is 2.12. The molecule has 2 aromatic rings. The van der Waals surface area contributed by atoms with Gasteiger partial charge in [0.2, 0.25) is 11.8 Å². The van der Waals surface area contributed by atoms with Crippen LogP contribution in [-0.4, -0.2) is 27.9 Å². The second-order valence-electron chi connectivity index (χ2n) is 3.51. The number of aromatic nitrogens is 2. The van der Waals surface area contributed by atoms with Gasteiger partial charge in [-0.3, -0.25) is 0 Å². The minimum Gasteiger partial charge on any atom is -0.480 e. The topological polar surface area (TPSA) is 85.5 Å². The standard InChI is InChI=1S/C11H8BrIN2O4/c12-8-2-1-6(13)3-7(8)11-15-14-9(19-11)4-18-5-10(16)17/h1-3H,4-5H2,(H,16,17). The Labute approximate surface area is 130 Å². The van der Waals surface area contributed by atoms with Crippen molar-refractivity contribution in [3.63, 3.8) is 0 Å². The van der Waals surface area contributed by atoms with Gasteiger partial charge in [0.15, 0.2) is 0 Å². The fraction of sp³-hybridized carbons (Fsp3) is 0.182. The monoisotopic (exact) mass is 438 g/mol. The number of hydrogen-bond donors (Lipinski definition) is 1. The number of carbonyl (C=O) groups is 1. The van der Waals surface area contributed by atoms with E-state index in [4.69, 9.17) is 14.3 Å². The highest BCUT2D eigenvalue weighted by atomic mass is 127. The molecule has 0 saturated heterocycles. The van der Waals surface area contributed by atoms with Crippen molar-refractivity contribution in [2.24, 2.45) is 0 Å². The molecule has 0 saturated carbocycles. The maximum absolute atomic E-state index is 10.3. The van der Waals surface area contributed by atoms with Crippen LogP contribution in [0.15, 0.2) is 27.1 Å². The first-order valence-corrected chi connectivity index (χ1v) is 7.01. The third-order valence-electron chi connectivity index (χ3n) is 2.08. The van der Waals surface area contributed by atoms with Crippen molar-refractivity contribution in [1.82, 2.24) is 10.2 Å². The van der Waals surface area contributed by atoms with E-state index in [0.717, 1.165) is 13.6 Å². The van der Waals surface area contributed by atoms with Crippen LogP contribution in [0.3, 0.4) is 0 Å². The van der Waals surface area contributed by atoms with Crippen molar-refractivity contribution in [3.8, 4) is 11.5 Å². The molecule has 1 heterocycles. The van der Waals surface area contributed by atoms with Crippen LogP contribution in [0.4, 0.5) is 0 Å². The first kappa shape index (κ1) is 14.4. The summed E-state index contributed by atoms with van der Waals surface area (Å²) in [5.74, 6) is -0.443. The van der Waals surface area contributed by atoms with Crippen LogP contribution in [0.1, 0.15) is 5.89 Å². The molecule has 8 heteroatoms. The Bertz CT molecular complexity index is 602. The average Bonchev–Trinajstić information content (AvgIpc) is 2.80. The molecule has 2 rings (SSSR count). The van der Waals surface area contributed by atoms with E-state index < -0.39 is 12.6 Å². The van der Waals surface area contributed by atoms with Crippen LogP contribution in [0.5, 0.6) is 0 Å². The molecule has 0 fully saturated rings. The number of hydrogen-bond acceptors (Lipinski definition) is 5. The summed E-state index contributed by atoms with van der Waals surface area (Å²) in [6.45, 7) is -0.425. The second kappa shape index (κ2) is 6.44. The van der Waals surface area contributed by atoms with Gasteiger partial charge in [-0.1, -0.05) is 0 Å². The molecule has 100 valence electrons. The van der Waals surface area contributed by atoms with Crippen LogP contribution in [-0.2, 0) is 16.1 Å². The Kier molecular flexibility index (Phi) is 4.88. The zero-order valence-electron chi connectivity index (χ0n) is 9.47. The van der Waals surface area contributed by atoms with Crippen molar-refractivity contribution < 1.29 is 19.1 Å². The zero-order valence-corrected chi connectivity index (χ0v) is 13.2. The summed E-state index contributed by atoms with van der Waals surface area (Å²) < 4.78 is 12.2. The van der Waals surface area contributed by atoms with Crippen molar-refractivity contribution in [3.05, 3.63) is 32.1 Å². The maximum Gasteiger partial charge on any atom is 0.329 e. The van der Waals surface area contributed by atoms with Crippen LogP contribution in [0, 0.1) is 3.57 Å². The van der Waals surface area contributed by atoms with Crippen molar-refractivity contribution in [2.75, 3.05) is 6.61 Å². The number of aliphatic carboxylic acids is 1. The Morgan fingerprint density at radius 2 is 2.26 bits per heavy atom. The molecular formula is C11H8BrIN2O4. The lowest BCUT2D eigenvalue weighted by Gasteiger charge is -1.99. The quantitative estimate of drug-likeness (QED) is 0.722. The van der Waals surface area contributed by atoms with E-state index in [1.54, 1.807) is 0 Å². The van der Waals surface area contributed by atoms with E-state index in [2.05, 4.69) is 48.7 Å². The number of ether oxygens (including phenoxy) is 1. The highest BCUT2D eigenvalue weighted by Gasteiger charge is 2.12. The van der Waals surface area contributed by atoms with Gasteiger partial charge in [-0.15, -0.1) is 10.2 Å². The fourth-order valence-corrected chi connectivity index (χ4v) is 2.22. The number of carboxylic acids is 1. The number of carboxylic acid groups (broad SMARTS) is 1. The summed E-state index contributed by atoms with van der Waals surface area (Å²) in [4.78, 5) is 10.3. The van der Waals surface area contributed by atoms with Gasteiger partial charge in [0.05, 0.1) is 5.56 Å². The molecule has 1 aromatic heterocycles. The lowest BCUT2D eigenvalue weighted by atomic mass is 10.2. The molecule has 1 N–H and O–H groups in total. The van der Waals surface area contributed by atoms with E-state index in [9.17, 15) is 4.79 Å². The van der Waals surface area contributed by atoms with E-state index >= 15 is 0 Å². The predicted octanol–water partition coefficient (Wildman–Crippen LogP) is 2.70. The molecule has 0 unspecified atom stereocenters. The molecule has 0 radical (unpaired) electrons. The molecular weight excluding hydrogens is 431 g/mol. The number of benzene rings is 1. The molecule has 0 atom stereocenters. The van der Waals surface area contributed by atoms with Crippen molar-refractivity contribution >= 4 is 44.5 Å². The summed E-state index contributed by atoms with van der Waals surface area (Å²) in [5.41, 5.74) is 0.781.